The topological polar surface area (TPSA) is 59.1 Å². The van der Waals surface area contributed by atoms with E-state index in [0.717, 1.165) is 5.69 Å². The summed E-state index contributed by atoms with van der Waals surface area (Å²) in [5.41, 5.74) is 6.21. The molecule has 1 aromatic heterocycles. The predicted octanol–water partition coefficient (Wildman–Crippen LogP) is 0.917. The Morgan fingerprint density at radius 3 is 2.50 bits per heavy atom. The Hall–Kier alpha value is -0.350. The maximum absolute atomic E-state index is 8.62. The van der Waals surface area contributed by atoms with Gasteiger partial charge in [-0.25, -0.2) is 0 Å². The van der Waals surface area contributed by atoms with Gasteiger partial charge in [-0.1, -0.05) is 6.07 Å². The molecule has 0 amide bonds. The van der Waals surface area contributed by atoms with E-state index >= 15 is 0 Å². The lowest BCUT2D eigenvalue weighted by Gasteiger charge is -2.04. The average molecular weight is 211 g/mol. The summed E-state index contributed by atoms with van der Waals surface area (Å²) in [7, 11) is 0. The quantitative estimate of drug-likeness (QED) is 0.764. The van der Waals surface area contributed by atoms with Crippen molar-refractivity contribution in [3.05, 3.63) is 30.1 Å². The van der Waals surface area contributed by atoms with Crippen LogP contribution in [0, 0.1) is 0 Å². The number of nitrogens with zero attached hydrogens (tertiary/aromatic N) is 1. The minimum absolute atomic E-state index is 0. The second-order valence-electron chi connectivity index (χ2n) is 2.04. The maximum Gasteiger partial charge on any atom is 0.0704 e. The molecule has 0 bridgehead atoms. The van der Waals surface area contributed by atoms with Crippen molar-refractivity contribution < 1.29 is 5.11 Å². The Balaban J connectivity index is 0. The fourth-order valence-electron chi connectivity index (χ4n) is 0.689. The van der Waals surface area contributed by atoms with E-state index in [0.29, 0.717) is 0 Å². The van der Waals surface area contributed by atoms with Crippen LogP contribution in [0.15, 0.2) is 24.4 Å². The fraction of sp³-hybridized carbons (Fsp3) is 0.286. The summed E-state index contributed by atoms with van der Waals surface area (Å²) in [6, 6.07) is 5.10. The monoisotopic (exact) mass is 210 g/mol. The van der Waals surface area contributed by atoms with Gasteiger partial charge in [-0.05, 0) is 12.1 Å². The number of aliphatic hydroxyl groups is 1. The predicted molar refractivity (Wildman–Crippen MR) is 52.7 cm³/mol. The normalized spacial score (nSPS) is 10.8. The second kappa shape index (κ2) is 7.31. The number of aliphatic hydroxyl groups excluding tert-OH is 1. The molecule has 1 atom stereocenters. The van der Waals surface area contributed by atoms with Crippen LogP contribution in [0.2, 0.25) is 0 Å². The molecule has 0 aliphatic heterocycles. The zero-order valence-corrected chi connectivity index (χ0v) is 8.02. The molecule has 5 heteroatoms. The highest BCUT2D eigenvalue weighted by Crippen LogP contribution is 2.02. The van der Waals surface area contributed by atoms with Gasteiger partial charge in [-0.3, -0.25) is 4.98 Å². The molecular formula is C7H12Cl2N2O. The summed E-state index contributed by atoms with van der Waals surface area (Å²) in [5.74, 6) is 0. The molecule has 0 unspecified atom stereocenters. The number of halogens is 2. The summed E-state index contributed by atoms with van der Waals surface area (Å²) in [6.07, 6.45) is 1.66. The third-order valence-corrected chi connectivity index (χ3v) is 1.26. The summed E-state index contributed by atoms with van der Waals surface area (Å²) >= 11 is 0. The molecular weight excluding hydrogens is 199 g/mol. The number of hydrogen-bond donors (Lipinski definition) is 2. The number of hydrogen-bond acceptors (Lipinski definition) is 3. The molecule has 0 saturated heterocycles. The Bertz CT molecular complexity index is 196. The molecule has 0 fully saturated rings. The molecule has 0 spiro atoms. The summed E-state index contributed by atoms with van der Waals surface area (Å²) in [6.45, 7) is -0.0585. The second-order valence-corrected chi connectivity index (χ2v) is 2.04. The molecule has 0 aliphatic carbocycles. The lowest BCUT2D eigenvalue weighted by atomic mass is 10.2. The van der Waals surface area contributed by atoms with Crippen molar-refractivity contribution >= 4 is 24.8 Å². The van der Waals surface area contributed by atoms with E-state index in [-0.39, 0.29) is 37.5 Å². The van der Waals surface area contributed by atoms with Crippen LogP contribution in [-0.4, -0.2) is 16.7 Å². The fourth-order valence-corrected chi connectivity index (χ4v) is 0.689. The summed E-state index contributed by atoms with van der Waals surface area (Å²) in [5, 5.41) is 8.62. The molecule has 3 nitrogen and oxygen atoms in total. The van der Waals surface area contributed by atoms with E-state index in [9.17, 15) is 0 Å². The van der Waals surface area contributed by atoms with Crippen LogP contribution < -0.4 is 5.73 Å². The highest BCUT2D eigenvalue weighted by molar-refractivity contribution is 5.85. The van der Waals surface area contributed by atoms with Gasteiger partial charge in [0.15, 0.2) is 0 Å². The van der Waals surface area contributed by atoms with Gasteiger partial charge >= 0.3 is 0 Å². The van der Waals surface area contributed by atoms with Crippen molar-refractivity contribution in [3.8, 4) is 0 Å². The number of nitrogens with two attached hydrogens (primary N) is 1. The van der Waals surface area contributed by atoms with Crippen molar-refractivity contribution in [2.45, 2.75) is 6.04 Å². The van der Waals surface area contributed by atoms with Crippen molar-refractivity contribution in [2.24, 2.45) is 5.73 Å². The first kappa shape index (κ1) is 14.2. The van der Waals surface area contributed by atoms with Gasteiger partial charge < -0.3 is 10.8 Å². The van der Waals surface area contributed by atoms with Crippen molar-refractivity contribution in [1.82, 2.24) is 4.98 Å². The van der Waals surface area contributed by atoms with Gasteiger partial charge in [0, 0.05) is 6.20 Å². The molecule has 0 aromatic carbocycles. The minimum Gasteiger partial charge on any atom is -0.394 e. The van der Waals surface area contributed by atoms with E-state index < -0.39 is 0 Å². The molecule has 3 N–H and O–H groups in total. The van der Waals surface area contributed by atoms with Crippen LogP contribution in [0.5, 0.6) is 0 Å². The Labute approximate surface area is 83.8 Å². The molecule has 1 heterocycles. The molecule has 0 saturated carbocycles. The summed E-state index contributed by atoms with van der Waals surface area (Å²) in [4.78, 5) is 3.96. The molecule has 1 rings (SSSR count). The lowest BCUT2D eigenvalue weighted by Crippen LogP contribution is -2.15. The first-order valence-electron chi connectivity index (χ1n) is 3.12. The minimum atomic E-state index is -0.346. The van der Waals surface area contributed by atoms with E-state index in [1.807, 2.05) is 12.1 Å². The van der Waals surface area contributed by atoms with Gasteiger partial charge in [0.2, 0.25) is 0 Å². The van der Waals surface area contributed by atoms with Gasteiger partial charge in [-0.15, -0.1) is 24.8 Å². The zero-order chi connectivity index (χ0) is 7.40. The average Bonchev–Trinajstić information content (AvgIpc) is 2.05. The smallest absolute Gasteiger partial charge is 0.0704 e. The van der Waals surface area contributed by atoms with Crippen LogP contribution in [0.1, 0.15) is 11.7 Å². The van der Waals surface area contributed by atoms with Crippen LogP contribution in [0.25, 0.3) is 0 Å². The third kappa shape index (κ3) is 3.88. The standard InChI is InChI=1S/C7H10N2O.2ClH/c8-6(5-10)7-3-1-2-4-9-7;;/h1-4,6,10H,5,8H2;2*1H/t6-;;/m1../s1. The van der Waals surface area contributed by atoms with Crippen LogP contribution in [0.4, 0.5) is 0 Å². The van der Waals surface area contributed by atoms with E-state index in [4.69, 9.17) is 10.8 Å². The molecule has 0 aliphatic rings. The number of aromatic nitrogens is 1. The molecule has 12 heavy (non-hydrogen) atoms. The van der Waals surface area contributed by atoms with Crippen molar-refractivity contribution in [1.29, 1.82) is 0 Å². The Kier molecular flexibility index (Phi) is 8.64. The first-order valence-corrected chi connectivity index (χ1v) is 3.12. The van der Waals surface area contributed by atoms with Crippen molar-refractivity contribution in [3.63, 3.8) is 0 Å². The van der Waals surface area contributed by atoms with Gasteiger partial charge in [0.05, 0.1) is 18.3 Å². The number of pyridine rings is 1. The van der Waals surface area contributed by atoms with E-state index in [2.05, 4.69) is 4.98 Å². The highest BCUT2D eigenvalue weighted by atomic mass is 35.5. The third-order valence-electron chi connectivity index (χ3n) is 1.26. The highest BCUT2D eigenvalue weighted by Gasteiger charge is 2.02. The zero-order valence-electron chi connectivity index (χ0n) is 6.38. The Morgan fingerprint density at radius 2 is 2.08 bits per heavy atom. The summed E-state index contributed by atoms with van der Waals surface area (Å²) < 4.78 is 0. The Morgan fingerprint density at radius 1 is 1.42 bits per heavy atom. The van der Waals surface area contributed by atoms with Gasteiger partial charge in [0.1, 0.15) is 0 Å². The van der Waals surface area contributed by atoms with E-state index in [1.54, 1.807) is 12.3 Å². The molecule has 70 valence electrons. The van der Waals surface area contributed by atoms with Crippen LogP contribution in [-0.2, 0) is 0 Å². The van der Waals surface area contributed by atoms with Gasteiger partial charge in [0.25, 0.3) is 0 Å². The maximum atomic E-state index is 8.62. The molecule has 0 radical (unpaired) electrons. The van der Waals surface area contributed by atoms with Crippen molar-refractivity contribution in [2.75, 3.05) is 6.61 Å². The van der Waals surface area contributed by atoms with Crippen LogP contribution >= 0.6 is 24.8 Å². The van der Waals surface area contributed by atoms with Gasteiger partial charge in [-0.2, -0.15) is 0 Å². The van der Waals surface area contributed by atoms with E-state index in [1.165, 1.54) is 0 Å². The molecule has 1 aromatic rings. The largest absolute Gasteiger partial charge is 0.394 e. The first-order chi connectivity index (χ1) is 4.84. The van der Waals surface area contributed by atoms with Crippen LogP contribution in [0.3, 0.4) is 0 Å². The SMILES string of the molecule is Cl.Cl.N[C@H](CO)c1ccccn1. The number of rotatable bonds is 2. The lowest BCUT2D eigenvalue weighted by molar-refractivity contribution is 0.266.